The Hall–Kier alpha value is -2.18. The van der Waals surface area contributed by atoms with Gasteiger partial charge >= 0.3 is 5.97 Å². The Morgan fingerprint density at radius 3 is 2.92 bits per heavy atom. The van der Waals surface area contributed by atoms with Crippen LogP contribution in [0.4, 0.5) is 5.69 Å². The fraction of sp³-hybridized carbons (Fsp3) is 0.500. The van der Waals surface area contributed by atoms with E-state index in [2.05, 4.69) is 10.3 Å². The van der Waals surface area contributed by atoms with Crippen LogP contribution in [0, 0.1) is 6.92 Å². The van der Waals surface area contributed by atoms with Crippen molar-refractivity contribution in [1.29, 1.82) is 0 Å². The number of anilines is 1. The van der Waals surface area contributed by atoms with Gasteiger partial charge in [0.25, 0.3) is 0 Å². The van der Waals surface area contributed by atoms with Crippen molar-refractivity contribution in [1.82, 2.24) is 4.98 Å². The lowest BCUT2D eigenvalue weighted by Gasteiger charge is -2.23. The molecule has 0 saturated carbocycles. The van der Waals surface area contributed by atoms with Crippen LogP contribution in [0.3, 0.4) is 0 Å². The minimum atomic E-state index is -0.329. The first-order valence-corrected chi connectivity index (χ1v) is 9.41. The van der Waals surface area contributed by atoms with E-state index >= 15 is 0 Å². The number of hydrogen-bond donors (Lipinski definition) is 2. The lowest BCUT2D eigenvalue weighted by Crippen LogP contribution is -3.14. The van der Waals surface area contributed by atoms with Gasteiger partial charge in [0.05, 0.1) is 37.6 Å². The number of carbonyl (C=O) groups excluding carboxylic acids is 1. The third-order valence-corrected chi connectivity index (χ3v) is 4.80. The van der Waals surface area contributed by atoms with Crippen molar-refractivity contribution in [3.8, 4) is 0 Å². The molecule has 0 amide bonds. The second-order valence-electron chi connectivity index (χ2n) is 6.63. The Morgan fingerprint density at radius 2 is 2.15 bits per heavy atom. The summed E-state index contributed by atoms with van der Waals surface area (Å²) in [7, 11) is 0. The van der Waals surface area contributed by atoms with Gasteiger partial charge in [0.2, 0.25) is 0 Å². The van der Waals surface area contributed by atoms with Gasteiger partial charge in [0.1, 0.15) is 18.7 Å². The predicted octanol–water partition coefficient (Wildman–Crippen LogP) is 1.44. The van der Waals surface area contributed by atoms with Crippen LogP contribution < -0.4 is 10.2 Å². The molecule has 1 saturated heterocycles. The number of rotatable bonds is 7. The van der Waals surface area contributed by atoms with Gasteiger partial charge in [0, 0.05) is 24.5 Å². The highest BCUT2D eigenvalue weighted by Crippen LogP contribution is 2.28. The lowest BCUT2D eigenvalue weighted by atomic mass is 10.1. The van der Waals surface area contributed by atoms with Crippen molar-refractivity contribution in [2.24, 2.45) is 0 Å². The van der Waals surface area contributed by atoms with Gasteiger partial charge in [-0.2, -0.15) is 0 Å². The normalized spacial score (nSPS) is 15.2. The summed E-state index contributed by atoms with van der Waals surface area (Å²) in [4.78, 5) is 18.4. The molecule has 1 aliphatic rings. The van der Waals surface area contributed by atoms with E-state index < -0.39 is 0 Å². The van der Waals surface area contributed by atoms with E-state index in [4.69, 9.17) is 9.47 Å². The molecule has 6 nitrogen and oxygen atoms in total. The fourth-order valence-electron chi connectivity index (χ4n) is 3.39. The van der Waals surface area contributed by atoms with Gasteiger partial charge in [0.15, 0.2) is 0 Å². The van der Waals surface area contributed by atoms with Crippen LogP contribution in [0.5, 0.6) is 0 Å². The van der Waals surface area contributed by atoms with E-state index in [-0.39, 0.29) is 5.97 Å². The largest absolute Gasteiger partial charge is 0.462 e. The van der Waals surface area contributed by atoms with Crippen molar-refractivity contribution >= 4 is 22.6 Å². The second kappa shape index (κ2) is 8.96. The standard InChI is InChI=1S/C20H27N3O3/c1-3-26-20(24)17-14-22-18-15(2)6-4-7-16(18)19(17)21-8-5-9-23-10-12-25-13-11-23/h4,6-7,14H,3,5,8-13H2,1-2H3,(H,21,22)/p+1. The van der Waals surface area contributed by atoms with E-state index in [1.54, 1.807) is 11.1 Å². The number of benzene rings is 1. The number of hydrogen-bond acceptors (Lipinski definition) is 5. The first-order valence-electron chi connectivity index (χ1n) is 9.41. The third-order valence-electron chi connectivity index (χ3n) is 4.80. The Bertz CT molecular complexity index is 757. The Balaban J connectivity index is 1.76. The maximum absolute atomic E-state index is 12.4. The molecule has 0 spiro atoms. The third kappa shape index (κ3) is 4.31. The first-order chi connectivity index (χ1) is 12.7. The minimum absolute atomic E-state index is 0.329. The summed E-state index contributed by atoms with van der Waals surface area (Å²) >= 11 is 0. The highest BCUT2D eigenvalue weighted by molar-refractivity contribution is 6.05. The van der Waals surface area contributed by atoms with Crippen molar-refractivity contribution in [3.05, 3.63) is 35.5 Å². The average molecular weight is 358 g/mol. The van der Waals surface area contributed by atoms with Crippen LogP contribution in [0.1, 0.15) is 29.3 Å². The summed E-state index contributed by atoms with van der Waals surface area (Å²) in [6.07, 6.45) is 2.66. The molecular formula is C20H28N3O3+. The molecule has 0 radical (unpaired) electrons. The molecule has 2 N–H and O–H groups in total. The van der Waals surface area contributed by atoms with Crippen LogP contribution >= 0.6 is 0 Å². The summed E-state index contributed by atoms with van der Waals surface area (Å²) in [5.74, 6) is -0.329. The maximum Gasteiger partial charge on any atom is 0.341 e. The monoisotopic (exact) mass is 358 g/mol. The smallest absolute Gasteiger partial charge is 0.341 e. The van der Waals surface area contributed by atoms with E-state index in [1.807, 2.05) is 32.0 Å². The molecule has 0 bridgehead atoms. The Labute approximate surface area is 154 Å². The number of para-hydroxylation sites is 1. The van der Waals surface area contributed by atoms with Gasteiger partial charge in [-0.3, -0.25) is 4.98 Å². The number of fused-ring (bicyclic) bond motifs is 1. The zero-order valence-corrected chi connectivity index (χ0v) is 15.6. The Morgan fingerprint density at radius 1 is 1.35 bits per heavy atom. The minimum Gasteiger partial charge on any atom is -0.462 e. The quantitative estimate of drug-likeness (QED) is 0.579. The summed E-state index contributed by atoms with van der Waals surface area (Å²) in [6, 6.07) is 6.04. The van der Waals surface area contributed by atoms with Gasteiger partial charge in [-0.15, -0.1) is 0 Å². The molecule has 6 heteroatoms. The van der Waals surface area contributed by atoms with Gasteiger partial charge in [-0.25, -0.2) is 4.79 Å². The number of nitrogens with one attached hydrogen (secondary N) is 2. The van der Waals surface area contributed by atoms with Crippen LogP contribution in [-0.4, -0.2) is 57.0 Å². The molecule has 1 aromatic carbocycles. The first kappa shape index (κ1) is 18.6. The molecule has 1 aliphatic heterocycles. The molecule has 26 heavy (non-hydrogen) atoms. The van der Waals surface area contributed by atoms with Gasteiger partial charge < -0.3 is 19.7 Å². The van der Waals surface area contributed by atoms with E-state index in [9.17, 15) is 4.79 Å². The summed E-state index contributed by atoms with van der Waals surface area (Å²) in [5, 5.41) is 4.44. The van der Waals surface area contributed by atoms with Crippen molar-refractivity contribution in [2.45, 2.75) is 20.3 Å². The number of esters is 1. The van der Waals surface area contributed by atoms with Gasteiger partial charge in [-0.1, -0.05) is 18.2 Å². The van der Waals surface area contributed by atoms with Crippen molar-refractivity contribution < 1.29 is 19.2 Å². The average Bonchev–Trinajstić information content (AvgIpc) is 2.66. The molecule has 0 atom stereocenters. The molecule has 3 rings (SSSR count). The van der Waals surface area contributed by atoms with Crippen molar-refractivity contribution in [3.63, 3.8) is 0 Å². The molecule has 140 valence electrons. The number of pyridine rings is 1. The summed E-state index contributed by atoms with van der Waals surface area (Å²) in [5.41, 5.74) is 3.35. The molecule has 2 aromatic rings. The second-order valence-corrected chi connectivity index (χ2v) is 6.63. The number of ether oxygens (including phenoxy) is 2. The number of aromatic nitrogens is 1. The summed E-state index contributed by atoms with van der Waals surface area (Å²) in [6.45, 7) is 9.96. The van der Waals surface area contributed by atoms with E-state index in [1.165, 1.54) is 0 Å². The van der Waals surface area contributed by atoms with Crippen LogP contribution in [0.25, 0.3) is 10.9 Å². The lowest BCUT2D eigenvalue weighted by molar-refractivity contribution is -0.908. The molecule has 0 unspecified atom stereocenters. The van der Waals surface area contributed by atoms with E-state index in [0.29, 0.717) is 12.2 Å². The number of nitrogens with zero attached hydrogens (tertiary/aromatic N) is 1. The highest BCUT2D eigenvalue weighted by atomic mass is 16.5. The molecule has 1 fully saturated rings. The highest BCUT2D eigenvalue weighted by Gasteiger charge is 2.18. The molecule has 1 aromatic heterocycles. The van der Waals surface area contributed by atoms with Gasteiger partial charge in [-0.05, 0) is 19.4 Å². The van der Waals surface area contributed by atoms with Crippen LogP contribution in [0.2, 0.25) is 0 Å². The van der Waals surface area contributed by atoms with Crippen LogP contribution in [-0.2, 0) is 9.47 Å². The zero-order chi connectivity index (χ0) is 18.4. The topological polar surface area (TPSA) is 64.9 Å². The van der Waals surface area contributed by atoms with E-state index in [0.717, 1.165) is 68.0 Å². The predicted molar refractivity (Wildman–Crippen MR) is 102 cm³/mol. The fourth-order valence-corrected chi connectivity index (χ4v) is 3.39. The number of morpholine rings is 1. The SMILES string of the molecule is CCOC(=O)c1cnc2c(C)cccc2c1NCCC[NH+]1CCOCC1. The van der Waals surface area contributed by atoms with Crippen molar-refractivity contribution in [2.75, 3.05) is 51.3 Å². The molecule has 0 aliphatic carbocycles. The maximum atomic E-state index is 12.4. The molecule has 2 heterocycles. The number of quaternary nitrogens is 1. The summed E-state index contributed by atoms with van der Waals surface area (Å²) < 4.78 is 10.6. The Kier molecular flexibility index (Phi) is 6.41. The number of aryl methyl sites for hydroxylation is 1. The number of carbonyl (C=O) groups is 1. The molecular weight excluding hydrogens is 330 g/mol. The van der Waals surface area contributed by atoms with Crippen LogP contribution in [0.15, 0.2) is 24.4 Å². The zero-order valence-electron chi connectivity index (χ0n) is 15.6.